The minimum atomic E-state index is 0.315. The van der Waals surface area contributed by atoms with Gasteiger partial charge in [0.2, 0.25) is 5.91 Å². The van der Waals surface area contributed by atoms with Gasteiger partial charge in [0.15, 0.2) is 11.5 Å². The zero-order valence-electron chi connectivity index (χ0n) is 15.4. The Bertz CT molecular complexity index is 620. The van der Waals surface area contributed by atoms with E-state index in [0.717, 1.165) is 56.8 Å². The molecule has 0 N–H and O–H groups in total. The first-order valence-electron chi connectivity index (χ1n) is 8.97. The summed E-state index contributed by atoms with van der Waals surface area (Å²) in [6.07, 6.45) is 3.92. The largest absolute Gasteiger partial charge is 0.496 e. The van der Waals surface area contributed by atoms with E-state index in [1.807, 2.05) is 12.1 Å². The number of nitrogens with zero attached hydrogens (tertiary/aromatic N) is 2. The van der Waals surface area contributed by atoms with E-state index in [1.54, 1.807) is 21.3 Å². The van der Waals surface area contributed by atoms with Crippen LogP contribution in [0.3, 0.4) is 0 Å². The van der Waals surface area contributed by atoms with Gasteiger partial charge in [-0.2, -0.15) is 0 Å². The molecule has 1 amide bonds. The van der Waals surface area contributed by atoms with Crippen LogP contribution in [-0.2, 0) is 11.3 Å². The Hall–Kier alpha value is -1.95. The highest BCUT2D eigenvalue weighted by Crippen LogP contribution is 2.35. The van der Waals surface area contributed by atoms with Crippen molar-refractivity contribution in [2.75, 3.05) is 41.0 Å². The zero-order valence-corrected chi connectivity index (χ0v) is 15.4. The smallest absolute Gasteiger partial charge is 0.222 e. The Balaban J connectivity index is 1.73. The van der Waals surface area contributed by atoms with Gasteiger partial charge in [0.25, 0.3) is 0 Å². The monoisotopic (exact) mass is 348 g/mol. The zero-order chi connectivity index (χ0) is 17.8. The van der Waals surface area contributed by atoms with Gasteiger partial charge in [-0.15, -0.1) is 0 Å². The van der Waals surface area contributed by atoms with Crippen molar-refractivity contribution in [1.29, 1.82) is 0 Å². The summed E-state index contributed by atoms with van der Waals surface area (Å²) in [5, 5.41) is 0. The molecule has 0 radical (unpaired) electrons. The maximum atomic E-state index is 12.1. The van der Waals surface area contributed by atoms with Crippen molar-refractivity contribution in [2.45, 2.75) is 38.3 Å². The van der Waals surface area contributed by atoms with Gasteiger partial charge in [-0.05, 0) is 31.9 Å². The molecule has 2 aliphatic heterocycles. The molecular weight excluding hydrogens is 320 g/mol. The second kappa shape index (κ2) is 7.95. The molecule has 1 unspecified atom stereocenters. The van der Waals surface area contributed by atoms with Gasteiger partial charge in [-0.3, -0.25) is 9.69 Å². The van der Waals surface area contributed by atoms with Crippen LogP contribution in [0.25, 0.3) is 0 Å². The van der Waals surface area contributed by atoms with Crippen LogP contribution in [0.1, 0.15) is 31.2 Å². The van der Waals surface area contributed by atoms with E-state index in [1.165, 1.54) is 0 Å². The number of ether oxygens (including phenoxy) is 3. The lowest BCUT2D eigenvalue weighted by atomic mass is 10.0. The lowest BCUT2D eigenvalue weighted by Crippen LogP contribution is -2.48. The standard InChI is InChI=1S/C19H28N2O4/c1-23-16-11-18(25-3)17(24-2)10-14(16)12-20-8-4-6-15(13-20)21-9-5-7-19(21)22/h10-11,15H,4-9,12-13H2,1-3H3. The summed E-state index contributed by atoms with van der Waals surface area (Å²) in [7, 11) is 4.94. The molecule has 1 aromatic rings. The van der Waals surface area contributed by atoms with Crippen LogP contribution >= 0.6 is 0 Å². The maximum absolute atomic E-state index is 12.1. The van der Waals surface area contributed by atoms with E-state index in [9.17, 15) is 4.79 Å². The van der Waals surface area contributed by atoms with Crippen LogP contribution < -0.4 is 14.2 Å². The maximum Gasteiger partial charge on any atom is 0.222 e. The molecule has 25 heavy (non-hydrogen) atoms. The average Bonchev–Trinajstić information content (AvgIpc) is 3.07. The number of likely N-dealkylation sites (tertiary alicyclic amines) is 2. The quantitative estimate of drug-likeness (QED) is 0.790. The number of hydrogen-bond acceptors (Lipinski definition) is 5. The van der Waals surface area contributed by atoms with Crippen LogP contribution in [0, 0.1) is 0 Å². The highest BCUT2D eigenvalue weighted by molar-refractivity contribution is 5.78. The fraction of sp³-hybridized carbons (Fsp3) is 0.632. The second-order valence-corrected chi connectivity index (χ2v) is 6.74. The minimum absolute atomic E-state index is 0.315. The number of amides is 1. The molecule has 6 nitrogen and oxygen atoms in total. The van der Waals surface area contributed by atoms with Crippen molar-refractivity contribution in [3.63, 3.8) is 0 Å². The predicted octanol–water partition coefficient (Wildman–Crippen LogP) is 2.30. The minimum Gasteiger partial charge on any atom is -0.496 e. The molecule has 0 saturated carbocycles. The summed E-state index contributed by atoms with van der Waals surface area (Å²) in [6, 6.07) is 4.21. The average molecular weight is 348 g/mol. The fourth-order valence-corrected chi connectivity index (χ4v) is 3.94. The number of piperidine rings is 1. The van der Waals surface area contributed by atoms with Crippen LogP contribution in [0.2, 0.25) is 0 Å². The van der Waals surface area contributed by atoms with Crippen molar-refractivity contribution in [3.05, 3.63) is 17.7 Å². The molecule has 2 heterocycles. The number of rotatable bonds is 6. The molecule has 1 aromatic carbocycles. The summed E-state index contributed by atoms with van der Waals surface area (Å²) >= 11 is 0. The van der Waals surface area contributed by atoms with E-state index in [0.29, 0.717) is 29.9 Å². The Morgan fingerprint density at radius 1 is 1.00 bits per heavy atom. The summed E-state index contributed by atoms with van der Waals surface area (Å²) in [4.78, 5) is 16.5. The molecule has 0 aromatic heterocycles. The molecule has 3 rings (SSSR count). The van der Waals surface area contributed by atoms with Gasteiger partial charge < -0.3 is 19.1 Å². The Kier molecular flexibility index (Phi) is 5.68. The van der Waals surface area contributed by atoms with Crippen molar-refractivity contribution < 1.29 is 19.0 Å². The van der Waals surface area contributed by atoms with Crippen molar-refractivity contribution in [3.8, 4) is 17.2 Å². The first-order chi connectivity index (χ1) is 12.2. The van der Waals surface area contributed by atoms with Crippen molar-refractivity contribution in [2.24, 2.45) is 0 Å². The van der Waals surface area contributed by atoms with Gasteiger partial charge in [0, 0.05) is 43.7 Å². The SMILES string of the molecule is COc1cc(OC)c(OC)cc1CN1CCCC(N2CCCC2=O)C1. The van der Waals surface area contributed by atoms with Gasteiger partial charge in [-0.1, -0.05) is 0 Å². The van der Waals surface area contributed by atoms with E-state index in [4.69, 9.17) is 14.2 Å². The Labute approximate surface area is 149 Å². The van der Waals surface area contributed by atoms with Crippen LogP contribution in [0.5, 0.6) is 17.2 Å². The summed E-state index contributed by atoms with van der Waals surface area (Å²) in [5.74, 6) is 2.50. The van der Waals surface area contributed by atoms with Crippen molar-refractivity contribution in [1.82, 2.24) is 9.80 Å². The first kappa shape index (κ1) is 17.9. The topological polar surface area (TPSA) is 51.2 Å². The third kappa shape index (κ3) is 3.84. The lowest BCUT2D eigenvalue weighted by Gasteiger charge is -2.37. The number of benzene rings is 1. The highest BCUT2D eigenvalue weighted by atomic mass is 16.5. The van der Waals surface area contributed by atoms with E-state index < -0.39 is 0 Å². The summed E-state index contributed by atoms with van der Waals surface area (Å²) in [6.45, 7) is 3.65. The molecule has 2 aliphatic rings. The number of carbonyl (C=O) groups excluding carboxylic acids is 1. The van der Waals surface area contributed by atoms with Crippen LogP contribution in [0.15, 0.2) is 12.1 Å². The third-order valence-electron chi connectivity index (χ3n) is 5.21. The number of carbonyl (C=O) groups is 1. The van der Waals surface area contributed by atoms with Gasteiger partial charge in [0.1, 0.15) is 5.75 Å². The van der Waals surface area contributed by atoms with Gasteiger partial charge >= 0.3 is 0 Å². The van der Waals surface area contributed by atoms with Gasteiger partial charge in [-0.25, -0.2) is 0 Å². The molecule has 2 fully saturated rings. The first-order valence-corrected chi connectivity index (χ1v) is 8.97. The Morgan fingerprint density at radius 3 is 2.36 bits per heavy atom. The molecule has 2 saturated heterocycles. The molecule has 0 spiro atoms. The van der Waals surface area contributed by atoms with E-state index >= 15 is 0 Å². The number of hydrogen-bond donors (Lipinski definition) is 0. The van der Waals surface area contributed by atoms with Crippen LogP contribution in [0.4, 0.5) is 0 Å². The normalized spacial score (nSPS) is 21.5. The summed E-state index contributed by atoms with van der Waals surface area (Å²) < 4.78 is 16.3. The predicted molar refractivity (Wildman–Crippen MR) is 95.3 cm³/mol. The third-order valence-corrected chi connectivity index (χ3v) is 5.21. The molecule has 6 heteroatoms. The van der Waals surface area contributed by atoms with Crippen molar-refractivity contribution >= 4 is 5.91 Å². The molecular formula is C19H28N2O4. The van der Waals surface area contributed by atoms with E-state index in [2.05, 4.69) is 9.80 Å². The molecule has 138 valence electrons. The van der Waals surface area contributed by atoms with E-state index in [-0.39, 0.29) is 0 Å². The number of methoxy groups -OCH3 is 3. The molecule has 0 aliphatic carbocycles. The summed E-state index contributed by atoms with van der Waals surface area (Å²) in [5.41, 5.74) is 1.08. The Morgan fingerprint density at radius 2 is 1.72 bits per heavy atom. The highest BCUT2D eigenvalue weighted by Gasteiger charge is 2.31. The second-order valence-electron chi connectivity index (χ2n) is 6.74. The molecule has 0 bridgehead atoms. The van der Waals surface area contributed by atoms with Crippen LogP contribution in [-0.4, -0.2) is 62.7 Å². The lowest BCUT2D eigenvalue weighted by molar-refractivity contribution is -0.130. The van der Waals surface area contributed by atoms with Gasteiger partial charge in [0.05, 0.1) is 21.3 Å². The molecule has 1 atom stereocenters. The fourth-order valence-electron chi connectivity index (χ4n) is 3.94.